The van der Waals surface area contributed by atoms with Gasteiger partial charge < -0.3 is 19.4 Å². The third kappa shape index (κ3) is 5.67. The predicted molar refractivity (Wildman–Crippen MR) is 128 cm³/mol. The molecule has 2 aromatic heterocycles. The van der Waals surface area contributed by atoms with Crippen LogP contribution in [0.5, 0.6) is 5.75 Å². The van der Waals surface area contributed by atoms with E-state index in [1.54, 1.807) is 11.8 Å². The Bertz CT molecular complexity index is 1030. The monoisotopic (exact) mass is 472 g/mol. The van der Waals surface area contributed by atoms with Crippen LogP contribution in [0.4, 0.5) is 5.13 Å². The molecule has 1 aromatic carbocycles. The first kappa shape index (κ1) is 22.8. The molecule has 0 saturated carbocycles. The molecule has 1 aliphatic heterocycles. The fourth-order valence-corrected chi connectivity index (χ4v) is 5.05. The lowest BCUT2D eigenvalue weighted by Gasteiger charge is -2.11. The van der Waals surface area contributed by atoms with Crippen LogP contribution >= 0.6 is 23.1 Å². The molecule has 170 valence electrons. The summed E-state index contributed by atoms with van der Waals surface area (Å²) in [5, 5.41) is 22.8. The van der Waals surface area contributed by atoms with Crippen molar-refractivity contribution in [3.8, 4) is 16.3 Å². The van der Waals surface area contributed by atoms with Gasteiger partial charge in [-0.05, 0) is 44.0 Å². The molecule has 32 heavy (non-hydrogen) atoms. The van der Waals surface area contributed by atoms with Crippen molar-refractivity contribution in [2.24, 2.45) is 0 Å². The van der Waals surface area contributed by atoms with Crippen molar-refractivity contribution in [2.45, 2.75) is 50.9 Å². The summed E-state index contributed by atoms with van der Waals surface area (Å²) >= 11 is 3.11. The zero-order chi connectivity index (χ0) is 22.3. The number of aromatic nitrogens is 5. The average Bonchev–Trinajstić information content (AvgIpc) is 3.57. The third-order valence-electron chi connectivity index (χ3n) is 5.07. The first-order valence-corrected chi connectivity index (χ1v) is 12.6. The van der Waals surface area contributed by atoms with Crippen molar-refractivity contribution in [3.05, 3.63) is 42.4 Å². The second-order valence-corrected chi connectivity index (χ2v) is 9.32. The molecule has 0 aliphatic carbocycles. The smallest absolute Gasteiger partial charge is 0.210 e. The summed E-state index contributed by atoms with van der Waals surface area (Å²) in [7, 11) is 0. The number of benzene rings is 1. The van der Waals surface area contributed by atoms with E-state index in [1.807, 2.05) is 24.3 Å². The third-order valence-corrected chi connectivity index (χ3v) is 7.01. The molecule has 1 saturated heterocycles. The average molecular weight is 473 g/mol. The van der Waals surface area contributed by atoms with E-state index in [0.717, 1.165) is 70.5 Å². The topological polar surface area (TPSA) is 87.0 Å². The van der Waals surface area contributed by atoms with Gasteiger partial charge in [-0.15, -0.1) is 20.4 Å². The summed E-state index contributed by atoms with van der Waals surface area (Å²) in [5.41, 5.74) is 1.85. The molecule has 1 aliphatic rings. The molecular weight excluding hydrogens is 444 g/mol. The fourth-order valence-electron chi connectivity index (χ4n) is 3.39. The van der Waals surface area contributed by atoms with Crippen LogP contribution in [-0.2, 0) is 17.7 Å². The van der Waals surface area contributed by atoms with Gasteiger partial charge in [0.25, 0.3) is 0 Å². The van der Waals surface area contributed by atoms with Gasteiger partial charge in [0.05, 0.1) is 6.10 Å². The van der Waals surface area contributed by atoms with Crippen LogP contribution in [0.3, 0.4) is 0 Å². The Morgan fingerprint density at radius 3 is 2.81 bits per heavy atom. The summed E-state index contributed by atoms with van der Waals surface area (Å²) < 4.78 is 13.6. The molecule has 0 spiro atoms. The fraction of sp³-hybridized carbons (Fsp3) is 0.455. The van der Waals surface area contributed by atoms with Crippen LogP contribution in [0.15, 0.2) is 41.7 Å². The van der Waals surface area contributed by atoms with Gasteiger partial charge in [0.1, 0.15) is 23.2 Å². The Labute approximate surface area is 196 Å². The van der Waals surface area contributed by atoms with Gasteiger partial charge in [-0.1, -0.05) is 36.6 Å². The Morgan fingerprint density at radius 1 is 1.25 bits per heavy atom. The van der Waals surface area contributed by atoms with E-state index in [2.05, 4.69) is 50.7 Å². The summed E-state index contributed by atoms with van der Waals surface area (Å²) in [5.74, 6) is 2.52. The van der Waals surface area contributed by atoms with Crippen LogP contribution in [0.2, 0.25) is 0 Å². The van der Waals surface area contributed by atoms with E-state index >= 15 is 0 Å². The van der Waals surface area contributed by atoms with Gasteiger partial charge in [-0.2, -0.15) is 0 Å². The van der Waals surface area contributed by atoms with Crippen molar-refractivity contribution in [2.75, 3.05) is 24.3 Å². The normalized spacial score (nSPS) is 15.8. The minimum Gasteiger partial charge on any atom is -0.491 e. The first-order valence-electron chi connectivity index (χ1n) is 10.8. The quantitative estimate of drug-likeness (QED) is 0.404. The highest BCUT2D eigenvalue weighted by molar-refractivity contribution is 7.99. The standard InChI is InChI=1S/C22H28N6O2S2/c1-4-19-24-27-22(28(19)5-2)31-14-15(3)23-21-26-25-20(32-21)16-8-10-17(11-9-16)30-13-18-7-6-12-29-18/h8-11,18H,3-7,12-14H2,1-2H3,(H,23,26). The molecule has 10 heteroatoms. The number of nitrogens with one attached hydrogen (secondary N) is 1. The highest BCUT2D eigenvalue weighted by Gasteiger charge is 2.16. The van der Waals surface area contributed by atoms with E-state index in [1.165, 1.54) is 11.3 Å². The molecule has 3 aromatic rings. The molecule has 1 atom stereocenters. The van der Waals surface area contributed by atoms with Crippen LogP contribution in [0.1, 0.15) is 32.5 Å². The molecule has 1 fully saturated rings. The molecule has 0 radical (unpaired) electrons. The number of hydrogen-bond acceptors (Lipinski definition) is 9. The lowest BCUT2D eigenvalue weighted by Crippen LogP contribution is -2.16. The summed E-state index contributed by atoms with van der Waals surface area (Å²) in [6.45, 7) is 10.6. The summed E-state index contributed by atoms with van der Waals surface area (Å²) in [6.07, 6.45) is 3.27. The highest BCUT2D eigenvalue weighted by Crippen LogP contribution is 2.29. The number of ether oxygens (including phenoxy) is 2. The Hall–Kier alpha value is -2.43. The van der Waals surface area contributed by atoms with Crippen LogP contribution in [-0.4, -0.2) is 50.0 Å². The van der Waals surface area contributed by atoms with Crippen molar-refractivity contribution in [1.82, 2.24) is 25.0 Å². The Kier molecular flexibility index (Phi) is 7.77. The second-order valence-electron chi connectivity index (χ2n) is 7.40. The van der Waals surface area contributed by atoms with Crippen molar-refractivity contribution in [3.63, 3.8) is 0 Å². The number of rotatable bonds is 11. The molecule has 8 nitrogen and oxygen atoms in total. The van der Waals surface area contributed by atoms with E-state index in [4.69, 9.17) is 9.47 Å². The van der Waals surface area contributed by atoms with E-state index < -0.39 is 0 Å². The van der Waals surface area contributed by atoms with E-state index in [0.29, 0.717) is 12.4 Å². The van der Waals surface area contributed by atoms with Crippen molar-refractivity contribution in [1.29, 1.82) is 0 Å². The summed E-state index contributed by atoms with van der Waals surface area (Å²) in [6, 6.07) is 7.93. The minimum absolute atomic E-state index is 0.213. The van der Waals surface area contributed by atoms with Gasteiger partial charge in [-0.25, -0.2) is 0 Å². The van der Waals surface area contributed by atoms with Crippen LogP contribution < -0.4 is 10.1 Å². The maximum Gasteiger partial charge on any atom is 0.210 e. The van der Waals surface area contributed by atoms with E-state index in [9.17, 15) is 0 Å². The van der Waals surface area contributed by atoms with Gasteiger partial charge in [0.15, 0.2) is 5.16 Å². The van der Waals surface area contributed by atoms with Crippen LogP contribution in [0.25, 0.3) is 10.6 Å². The van der Waals surface area contributed by atoms with Gasteiger partial charge >= 0.3 is 0 Å². The molecule has 4 rings (SSSR count). The number of anilines is 1. The molecule has 1 N–H and O–H groups in total. The van der Waals surface area contributed by atoms with Gasteiger partial charge in [-0.3, -0.25) is 0 Å². The van der Waals surface area contributed by atoms with Gasteiger partial charge in [0, 0.05) is 36.6 Å². The predicted octanol–water partition coefficient (Wildman–Crippen LogP) is 4.65. The van der Waals surface area contributed by atoms with E-state index in [-0.39, 0.29) is 6.10 Å². The lowest BCUT2D eigenvalue weighted by molar-refractivity contribution is 0.0679. The van der Waals surface area contributed by atoms with Crippen LogP contribution in [0, 0.1) is 0 Å². The van der Waals surface area contributed by atoms with Crippen molar-refractivity contribution >= 4 is 28.2 Å². The van der Waals surface area contributed by atoms with Gasteiger partial charge in [0.2, 0.25) is 5.13 Å². The zero-order valence-corrected chi connectivity index (χ0v) is 20.0. The Balaban J connectivity index is 1.28. The highest BCUT2D eigenvalue weighted by atomic mass is 32.2. The maximum absolute atomic E-state index is 5.83. The number of aryl methyl sites for hydroxylation is 1. The molecule has 0 bridgehead atoms. The molecule has 3 heterocycles. The maximum atomic E-state index is 5.83. The molecule has 0 amide bonds. The number of nitrogens with zero attached hydrogens (tertiary/aromatic N) is 5. The summed E-state index contributed by atoms with van der Waals surface area (Å²) in [4.78, 5) is 0. The molecule has 1 unspecified atom stereocenters. The molecular formula is C22H28N6O2S2. The second kappa shape index (κ2) is 10.9. The zero-order valence-electron chi connectivity index (χ0n) is 18.4. The first-order chi connectivity index (χ1) is 15.7. The largest absolute Gasteiger partial charge is 0.491 e. The van der Waals surface area contributed by atoms with Crippen molar-refractivity contribution < 1.29 is 9.47 Å². The number of thioether (sulfide) groups is 1. The Morgan fingerprint density at radius 2 is 2.09 bits per heavy atom. The number of hydrogen-bond donors (Lipinski definition) is 1. The SMILES string of the molecule is C=C(CSc1nnc(CC)n1CC)Nc1nnc(-c2ccc(OCC3CCCO3)cc2)s1. The lowest BCUT2D eigenvalue weighted by atomic mass is 10.2. The minimum atomic E-state index is 0.213.